The highest BCUT2D eigenvalue weighted by Gasteiger charge is 2.19. The molecule has 1 aromatic carbocycles. The van der Waals surface area contributed by atoms with E-state index in [-0.39, 0.29) is 5.91 Å². The standard InChI is InChI=1S/C15H24N2O2S/c1-3-4-5-10-20(19)12(2)15(18)17-14-8-6-13(11-16)7-9-14/h6-9,12H,3-5,10-11,16H2,1-2H3,(H,17,18). The van der Waals surface area contributed by atoms with E-state index in [4.69, 9.17) is 5.73 Å². The first-order chi connectivity index (χ1) is 9.58. The summed E-state index contributed by atoms with van der Waals surface area (Å²) in [6, 6.07) is 7.37. The van der Waals surface area contributed by atoms with Gasteiger partial charge in [0, 0.05) is 28.8 Å². The fraction of sp³-hybridized carbons (Fsp3) is 0.533. The molecule has 0 aliphatic carbocycles. The maximum atomic E-state index is 12.0. The van der Waals surface area contributed by atoms with Crippen molar-refractivity contribution in [3.63, 3.8) is 0 Å². The summed E-state index contributed by atoms with van der Waals surface area (Å²) in [5.74, 6) is 0.398. The minimum absolute atomic E-state index is 0.194. The molecular formula is C15H24N2O2S. The van der Waals surface area contributed by atoms with E-state index in [1.807, 2.05) is 24.3 Å². The molecule has 1 amide bonds. The van der Waals surface area contributed by atoms with Gasteiger partial charge in [-0.2, -0.15) is 0 Å². The number of carbonyl (C=O) groups excluding carboxylic acids is 1. The highest BCUT2D eigenvalue weighted by Crippen LogP contribution is 2.11. The molecule has 1 rings (SSSR count). The summed E-state index contributed by atoms with van der Waals surface area (Å²) in [5.41, 5.74) is 7.25. The van der Waals surface area contributed by atoms with Crippen LogP contribution in [0, 0.1) is 0 Å². The van der Waals surface area contributed by atoms with Crippen LogP contribution in [0.4, 0.5) is 5.69 Å². The Morgan fingerprint density at radius 1 is 1.30 bits per heavy atom. The van der Waals surface area contributed by atoms with Gasteiger partial charge in [0.2, 0.25) is 5.91 Å². The third-order valence-corrected chi connectivity index (χ3v) is 4.86. The molecule has 0 aromatic heterocycles. The van der Waals surface area contributed by atoms with Crippen molar-refractivity contribution in [3.8, 4) is 0 Å². The van der Waals surface area contributed by atoms with Gasteiger partial charge < -0.3 is 11.1 Å². The highest BCUT2D eigenvalue weighted by molar-refractivity contribution is 7.86. The molecule has 0 bridgehead atoms. The van der Waals surface area contributed by atoms with Crippen LogP contribution in [0.1, 0.15) is 38.7 Å². The molecule has 0 fully saturated rings. The molecule has 112 valence electrons. The largest absolute Gasteiger partial charge is 0.326 e. The number of hydrogen-bond acceptors (Lipinski definition) is 3. The van der Waals surface area contributed by atoms with Gasteiger partial charge in [0.15, 0.2) is 0 Å². The van der Waals surface area contributed by atoms with Gasteiger partial charge in [-0.05, 0) is 31.0 Å². The number of rotatable bonds is 8. The van der Waals surface area contributed by atoms with E-state index in [0.717, 1.165) is 24.8 Å². The molecule has 0 radical (unpaired) electrons. The lowest BCUT2D eigenvalue weighted by atomic mass is 10.2. The van der Waals surface area contributed by atoms with Gasteiger partial charge in [-0.15, -0.1) is 0 Å². The van der Waals surface area contributed by atoms with Crippen molar-refractivity contribution in [2.75, 3.05) is 11.1 Å². The van der Waals surface area contributed by atoms with E-state index < -0.39 is 16.0 Å². The molecule has 0 aliphatic rings. The van der Waals surface area contributed by atoms with E-state index in [9.17, 15) is 9.00 Å². The van der Waals surface area contributed by atoms with Crippen LogP contribution in [0.15, 0.2) is 24.3 Å². The second-order valence-electron chi connectivity index (χ2n) is 4.82. The third-order valence-electron chi connectivity index (χ3n) is 3.17. The predicted octanol–water partition coefficient (Wildman–Crippen LogP) is 2.41. The lowest BCUT2D eigenvalue weighted by Gasteiger charge is -2.12. The van der Waals surface area contributed by atoms with Crippen molar-refractivity contribution in [3.05, 3.63) is 29.8 Å². The topological polar surface area (TPSA) is 72.2 Å². The number of anilines is 1. The Hall–Kier alpha value is -1.20. The average Bonchev–Trinajstić information content (AvgIpc) is 2.47. The Bertz CT molecular complexity index is 446. The van der Waals surface area contributed by atoms with Gasteiger partial charge in [0.05, 0.1) is 0 Å². The normalized spacial score (nSPS) is 13.8. The predicted molar refractivity (Wildman–Crippen MR) is 85.0 cm³/mol. The van der Waals surface area contributed by atoms with Crippen molar-refractivity contribution >= 4 is 22.4 Å². The molecule has 0 heterocycles. The third kappa shape index (κ3) is 5.43. The van der Waals surface area contributed by atoms with Crippen LogP contribution in [0.2, 0.25) is 0 Å². The second-order valence-corrected chi connectivity index (χ2v) is 6.70. The van der Waals surface area contributed by atoms with Crippen molar-refractivity contribution in [1.82, 2.24) is 0 Å². The molecule has 20 heavy (non-hydrogen) atoms. The van der Waals surface area contributed by atoms with E-state index in [1.54, 1.807) is 6.92 Å². The van der Waals surface area contributed by atoms with Crippen LogP contribution in [0.25, 0.3) is 0 Å². The van der Waals surface area contributed by atoms with Gasteiger partial charge >= 0.3 is 0 Å². The number of carbonyl (C=O) groups is 1. The molecule has 0 aliphatic heterocycles. The van der Waals surface area contributed by atoms with Crippen molar-refractivity contribution < 1.29 is 9.00 Å². The molecule has 1 aromatic rings. The lowest BCUT2D eigenvalue weighted by molar-refractivity contribution is -0.115. The number of benzene rings is 1. The van der Waals surface area contributed by atoms with Gasteiger partial charge in [-0.25, -0.2) is 0 Å². The Balaban J connectivity index is 2.49. The summed E-state index contributed by atoms with van der Waals surface area (Å²) in [6.07, 6.45) is 3.05. The van der Waals surface area contributed by atoms with E-state index in [0.29, 0.717) is 18.0 Å². The van der Waals surface area contributed by atoms with Crippen LogP contribution < -0.4 is 11.1 Å². The van der Waals surface area contributed by atoms with E-state index in [1.165, 1.54) is 0 Å². The quantitative estimate of drug-likeness (QED) is 0.724. The fourth-order valence-corrected chi connectivity index (χ4v) is 2.90. The molecule has 3 N–H and O–H groups in total. The highest BCUT2D eigenvalue weighted by atomic mass is 32.2. The summed E-state index contributed by atoms with van der Waals surface area (Å²) in [5, 5.41) is 2.31. The maximum absolute atomic E-state index is 12.0. The number of amides is 1. The molecular weight excluding hydrogens is 272 g/mol. The summed E-state index contributed by atoms with van der Waals surface area (Å²) in [4.78, 5) is 12.0. The smallest absolute Gasteiger partial charge is 0.239 e. The van der Waals surface area contributed by atoms with Crippen LogP contribution in [0.5, 0.6) is 0 Å². The zero-order valence-corrected chi connectivity index (χ0v) is 13.0. The number of nitrogens with two attached hydrogens (primary N) is 1. The Morgan fingerprint density at radius 3 is 2.50 bits per heavy atom. The minimum atomic E-state index is -1.11. The summed E-state index contributed by atoms with van der Waals surface area (Å²) >= 11 is 0. The van der Waals surface area contributed by atoms with Crippen LogP contribution >= 0.6 is 0 Å². The first-order valence-corrected chi connectivity index (χ1v) is 8.43. The van der Waals surface area contributed by atoms with Crippen molar-refractivity contribution in [2.24, 2.45) is 5.73 Å². The number of hydrogen-bond donors (Lipinski definition) is 2. The van der Waals surface area contributed by atoms with E-state index in [2.05, 4.69) is 12.2 Å². The Labute approximate surface area is 123 Å². The number of nitrogens with one attached hydrogen (secondary N) is 1. The fourth-order valence-electron chi connectivity index (χ4n) is 1.76. The lowest BCUT2D eigenvalue weighted by Crippen LogP contribution is -2.30. The summed E-state index contributed by atoms with van der Waals surface area (Å²) in [7, 11) is -1.11. The maximum Gasteiger partial charge on any atom is 0.239 e. The van der Waals surface area contributed by atoms with Gasteiger partial charge in [0.25, 0.3) is 0 Å². The summed E-state index contributed by atoms with van der Waals surface area (Å²) in [6.45, 7) is 4.29. The molecule has 2 atom stereocenters. The van der Waals surface area contributed by atoms with Crippen molar-refractivity contribution in [2.45, 2.75) is 44.9 Å². The van der Waals surface area contributed by atoms with Gasteiger partial charge in [-0.3, -0.25) is 9.00 Å². The Morgan fingerprint density at radius 2 is 1.95 bits per heavy atom. The molecule has 2 unspecified atom stereocenters. The zero-order chi connectivity index (χ0) is 15.0. The van der Waals surface area contributed by atoms with Crippen LogP contribution in [-0.2, 0) is 22.1 Å². The van der Waals surface area contributed by atoms with E-state index >= 15 is 0 Å². The van der Waals surface area contributed by atoms with Crippen molar-refractivity contribution in [1.29, 1.82) is 0 Å². The average molecular weight is 296 g/mol. The van der Waals surface area contributed by atoms with Crippen LogP contribution in [-0.4, -0.2) is 21.1 Å². The van der Waals surface area contributed by atoms with Crippen LogP contribution in [0.3, 0.4) is 0 Å². The molecule has 0 saturated carbocycles. The minimum Gasteiger partial charge on any atom is -0.326 e. The molecule has 0 spiro atoms. The SMILES string of the molecule is CCCCCS(=O)C(C)C(=O)Nc1ccc(CN)cc1. The molecule has 4 nitrogen and oxygen atoms in total. The first kappa shape index (κ1) is 16.9. The first-order valence-electron chi connectivity index (χ1n) is 7.05. The zero-order valence-electron chi connectivity index (χ0n) is 12.2. The Kier molecular flexibility index (Phi) is 7.47. The van der Waals surface area contributed by atoms with Gasteiger partial charge in [-0.1, -0.05) is 31.9 Å². The molecule has 0 saturated heterocycles. The summed E-state index contributed by atoms with van der Waals surface area (Å²) < 4.78 is 12.0. The second kappa shape index (κ2) is 8.87. The van der Waals surface area contributed by atoms with Gasteiger partial charge in [0.1, 0.15) is 5.25 Å². The number of unbranched alkanes of at least 4 members (excludes halogenated alkanes) is 2. The molecule has 5 heteroatoms. The monoisotopic (exact) mass is 296 g/mol.